The van der Waals surface area contributed by atoms with Gasteiger partial charge in [0.05, 0.1) is 18.1 Å². The maximum Gasteiger partial charge on any atom is 0.407 e. The van der Waals surface area contributed by atoms with Crippen LogP contribution in [0.2, 0.25) is 0 Å². The highest BCUT2D eigenvalue weighted by molar-refractivity contribution is 5.73. The highest BCUT2D eigenvalue weighted by Gasteiger charge is 2.41. The second kappa shape index (κ2) is 9.05. The van der Waals surface area contributed by atoms with Crippen LogP contribution in [0.5, 0.6) is 0 Å². The first kappa shape index (κ1) is 19.7. The van der Waals surface area contributed by atoms with Crippen molar-refractivity contribution in [3.63, 3.8) is 0 Å². The fraction of sp³-hybridized carbons (Fsp3) is 0.867. The average molecular weight is 333 g/mol. The van der Waals surface area contributed by atoms with Gasteiger partial charge < -0.3 is 29.0 Å². The second-order valence-electron chi connectivity index (χ2n) is 6.40. The van der Waals surface area contributed by atoms with Crippen LogP contribution in [-0.2, 0) is 28.5 Å². The van der Waals surface area contributed by atoms with Gasteiger partial charge in [-0.3, -0.25) is 4.79 Å². The number of amides is 1. The molecule has 0 unspecified atom stereocenters. The lowest BCUT2D eigenvalue weighted by Gasteiger charge is -2.24. The molecule has 0 heterocycles. The van der Waals surface area contributed by atoms with Crippen LogP contribution in [0, 0.1) is 5.92 Å². The summed E-state index contributed by atoms with van der Waals surface area (Å²) in [5.41, 5.74) is -0.595. The summed E-state index contributed by atoms with van der Waals surface area (Å²) in [7, 11) is 2.95. The molecule has 1 amide bonds. The zero-order chi connectivity index (χ0) is 17.5. The zero-order valence-corrected chi connectivity index (χ0v) is 14.4. The molecule has 0 aromatic carbocycles. The van der Waals surface area contributed by atoms with Gasteiger partial charge in [0.2, 0.25) is 0 Å². The summed E-state index contributed by atoms with van der Waals surface area (Å²) in [6, 6.07) is -0.347. The third-order valence-corrected chi connectivity index (χ3v) is 3.26. The SMILES string of the molecule is COCOC(=O)[C@@H]1C[C@H](NC(=O)OC(C)(C)C)[C@@H](OCOC)C1. The number of nitrogens with one attached hydrogen (secondary N) is 1. The van der Waals surface area contributed by atoms with Gasteiger partial charge in [0.1, 0.15) is 12.4 Å². The zero-order valence-electron chi connectivity index (χ0n) is 14.4. The first-order valence-corrected chi connectivity index (χ1v) is 7.52. The molecule has 0 aromatic heterocycles. The van der Waals surface area contributed by atoms with E-state index in [1.165, 1.54) is 14.2 Å². The Labute approximate surface area is 136 Å². The highest BCUT2D eigenvalue weighted by atomic mass is 16.7. The van der Waals surface area contributed by atoms with Crippen molar-refractivity contribution in [1.82, 2.24) is 5.32 Å². The van der Waals surface area contributed by atoms with Gasteiger partial charge in [-0.2, -0.15) is 0 Å². The van der Waals surface area contributed by atoms with Gasteiger partial charge in [0.25, 0.3) is 0 Å². The molecule has 0 spiro atoms. The fourth-order valence-corrected chi connectivity index (χ4v) is 2.38. The molecule has 8 nitrogen and oxygen atoms in total. The molecule has 1 aliphatic carbocycles. The van der Waals surface area contributed by atoms with E-state index in [1.807, 2.05) is 0 Å². The number of hydrogen-bond donors (Lipinski definition) is 1. The summed E-state index contributed by atoms with van der Waals surface area (Å²) in [6.45, 7) is 5.33. The summed E-state index contributed by atoms with van der Waals surface area (Å²) in [6.07, 6.45) is -0.0373. The molecule has 1 saturated carbocycles. The van der Waals surface area contributed by atoms with Crippen LogP contribution in [0.1, 0.15) is 33.6 Å². The number of alkyl carbamates (subject to hydrolysis) is 1. The van der Waals surface area contributed by atoms with Crippen LogP contribution >= 0.6 is 0 Å². The Morgan fingerprint density at radius 3 is 2.30 bits per heavy atom. The molecular formula is C15H27NO7. The monoisotopic (exact) mass is 333 g/mol. The number of hydrogen-bond acceptors (Lipinski definition) is 7. The molecular weight excluding hydrogens is 306 g/mol. The smallest absolute Gasteiger partial charge is 0.407 e. The molecule has 134 valence electrons. The van der Waals surface area contributed by atoms with E-state index in [1.54, 1.807) is 20.8 Å². The lowest BCUT2D eigenvalue weighted by Crippen LogP contribution is -2.43. The van der Waals surface area contributed by atoms with E-state index in [4.69, 9.17) is 23.7 Å². The van der Waals surface area contributed by atoms with E-state index in [0.717, 1.165) is 0 Å². The number of esters is 1. The van der Waals surface area contributed by atoms with E-state index < -0.39 is 11.7 Å². The molecule has 0 saturated heterocycles. The van der Waals surface area contributed by atoms with Crippen LogP contribution in [0.15, 0.2) is 0 Å². The molecule has 0 radical (unpaired) electrons. The van der Waals surface area contributed by atoms with Crippen LogP contribution < -0.4 is 5.32 Å². The Bertz CT molecular complexity index is 394. The standard InChI is InChI=1S/C15H27NO7/c1-15(2,3)23-14(18)16-11-6-10(13(17)22-9-20-5)7-12(11)21-8-19-4/h10-12H,6-9H2,1-5H3,(H,16,18)/t10-,11+,12+/m1/s1. The first-order valence-electron chi connectivity index (χ1n) is 7.52. The van der Waals surface area contributed by atoms with Crippen molar-refractivity contribution in [3.05, 3.63) is 0 Å². The average Bonchev–Trinajstić information content (AvgIpc) is 2.83. The van der Waals surface area contributed by atoms with E-state index in [2.05, 4.69) is 5.32 Å². The lowest BCUT2D eigenvalue weighted by atomic mass is 10.1. The number of carbonyl (C=O) groups excluding carboxylic acids is 2. The van der Waals surface area contributed by atoms with E-state index >= 15 is 0 Å². The number of ether oxygens (including phenoxy) is 5. The Balaban J connectivity index is 2.62. The Hall–Kier alpha value is -1.38. The van der Waals surface area contributed by atoms with Crippen molar-refractivity contribution in [2.75, 3.05) is 27.8 Å². The molecule has 1 rings (SSSR count). The maximum absolute atomic E-state index is 12.0. The summed E-state index contributed by atoms with van der Waals surface area (Å²) in [4.78, 5) is 23.9. The summed E-state index contributed by atoms with van der Waals surface area (Å²) in [5.74, 6) is -0.738. The van der Waals surface area contributed by atoms with Crippen molar-refractivity contribution in [2.45, 2.75) is 51.4 Å². The third kappa shape index (κ3) is 7.15. The quantitative estimate of drug-likeness (QED) is 0.556. The summed E-state index contributed by atoms with van der Waals surface area (Å²) in [5, 5.41) is 2.75. The largest absolute Gasteiger partial charge is 0.444 e. The van der Waals surface area contributed by atoms with Gasteiger partial charge in [-0.05, 0) is 33.6 Å². The Morgan fingerprint density at radius 1 is 1.09 bits per heavy atom. The molecule has 0 aliphatic heterocycles. The number of methoxy groups -OCH3 is 2. The van der Waals surface area contributed by atoms with E-state index in [-0.39, 0.29) is 37.6 Å². The molecule has 0 bridgehead atoms. The van der Waals surface area contributed by atoms with Crippen molar-refractivity contribution in [3.8, 4) is 0 Å². The molecule has 23 heavy (non-hydrogen) atoms. The van der Waals surface area contributed by atoms with Crippen molar-refractivity contribution in [2.24, 2.45) is 5.92 Å². The lowest BCUT2D eigenvalue weighted by molar-refractivity contribution is -0.159. The first-order chi connectivity index (χ1) is 10.8. The highest BCUT2D eigenvalue weighted by Crippen LogP contribution is 2.30. The van der Waals surface area contributed by atoms with Crippen LogP contribution in [0.4, 0.5) is 4.79 Å². The molecule has 3 atom stereocenters. The van der Waals surface area contributed by atoms with Crippen molar-refractivity contribution >= 4 is 12.1 Å². The maximum atomic E-state index is 12.0. The Kier molecular flexibility index (Phi) is 7.74. The van der Waals surface area contributed by atoms with Gasteiger partial charge in [-0.15, -0.1) is 0 Å². The van der Waals surface area contributed by atoms with Crippen LogP contribution in [0.25, 0.3) is 0 Å². The molecule has 0 aromatic rings. The fourth-order valence-electron chi connectivity index (χ4n) is 2.38. The minimum Gasteiger partial charge on any atom is -0.444 e. The van der Waals surface area contributed by atoms with Crippen LogP contribution in [0.3, 0.4) is 0 Å². The van der Waals surface area contributed by atoms with Gasteiger partial charge >= 0.3 is 12.1 Å². The predicted molar refractivity (Wildman–Crippen MR) is 80.6 cm³/mol. The normalized spacial score (nSPS) is 24.3. The Morgan fingerprint density at radius 2 is 1.74 bits per heavy atom. The summed E-state index contributed by atoms with van der Waals surface area (Å²) >= 11 is 0. The van der Waals surface area contributed by atoms with E-state index in [9.17, 15) is 9.59 Å². The molecule has 8 heteroatoms. The van der Waals surface area contributed by atoms with Crippen molar-refractivity contribution in [1.29, 1.82) is 0 Å². The minimum absolute atomic E-state index is 0.0804. The van der Waals surface area contributed by atoms with Gasteiger partial charge in [0, 0.05) is 14.2 Å². The second-order valence-corrected chi connectivity index (χ2v) is 6.40. The minimum atomic E-state index is -0.595. The predicted octanol–water partition coefficient (Wildman–Crippen LogP) is 1.43. The summed E-state index contributed by atoms with van der Waals surface area (Å²) < 4.78 is 25.4. The van der Waals surface area contributed by atoms with Gasteiger partial charge in [0.15, 0.2) is 6.79 Å². The van der Waals surface area contributed by atoms with E-state index in [0.29, 0.717) is 12.8 Å². The third-order valence-electron chi connectivity index (χ3n) is 3.26. The van der Waals surface area contributed by atoms with Crippen molar-refractivity contribution < 1.29 is 33.3 Å². The molecule has 1 fully saturated rings. The molecule has 1 aliphatic rings. The number of carbonyl (C=O) groups is 2. The molecule has 1 N–H and O–H groups in total. The number of rotatable bonds is 7. The van der Waals surface area contributed by atoms with Gasteiger partial charge in [-0.25, -0.2) is 4.79 Å². The topological polar surface area (TPSA) is 92.3 Å². The van der Waals surface area contributed by atoms with Crippen LogP contribution in [-0.4, -0.2) is 57.6 Å². The van der Waals surface area contributed by atoms with Gasteiger partial charge in [-0.1, -0.05) is 0 Å².